The van der Waals surface area contributed by atoms with Gasteiger partial charge in [0.2, 0.25) is 5.95 Å². The topological polar surface area (TPSA) is 52.0 Å². The second-order valence-electron chi connectivity index (χ2n) is 4.06. The van der Waals surface area contributed by atoms with Crippen molar-refractivity contribution >= 4 is 5.95 Å². The number of hydrogen-bond donors (Lipinski definition) is 1. The van der Waals surface area contributed by atoms with Crippen LogP contribution >= 0.6 is 0 Å². The fourth-order valence-corrected chi connectivity index (χ4v) is 1.75. The van der Waals surface area contributed by atoms with Gasteiger partial charge in [0.1, 0.15) is 0 Å². The molecule has 5 heteroatoms. The minimum Gasteiger partial charge on any atom is -0.385 e. The van der Waals surface area contributed by atoms with E-state index in [0.717, 1.165) is 31.2 Å². The number of aryl methyl sites for hydroxylation is 1. The number of hydrogen-bond acceptors (Lipinski definition) is 4. The zero-order chi connectivity index (χ0) is 12.8. The Morgan fingerprint density at radius 2 is 2.28 bits per heavy atom. The molecule has 2 aromatic heterocycles. The molecule has 2 rings (SSSR count). The highest BCUT2D eigenvalue weighted by Crippen LogP contribution is 2.16. The smallest absolute Gasteiger partial charge is 0.207 e. The predicted molar refractivity (Wildman–Crippen MR) is 71.1 cm³/mol. The van der Waals surface area contributed by atoms with Gasteiger partial charge >= 0.3 is 0 Å². The molecule has 96 valence electrons. The number of aromatic nitrogens is 3. The van der Waals surface area contributed by atoms with Gasteiger partial charge in [-0.1, -0.05) is 0 Å². The van der Waals surface area contributed by atoms with E-state index >= 15 is 0 Å². The fourth-order valence-electron chi connectivity index (χ4n) is 1.75. The molecule has 2 heterocycles. The Morgan fingerprint density at radius 1 is 1.39 bits per heavy atom. The minimum absolute atomic E-state index is 0.750. The Labute approximate surface area is 107 Å². The van der Waals surface area contributed by atoms with Crippen LogP contribution in [0.25, 0.3) is 5.69 Å². The van der Waals surface area contributed by atoms with Crippen molar-refractivity contribution in [3.05, 3.63) is 36.4 Å². The van der Waals surface area contributed by atoms with E-state index in [1.807, 2.05) is 23.0 Å². The Kier molecular flexibility index (Phi) is 4.30. The van der Waals surface area contributed by atoms with Crippen LogP contribution in [0.5, 0.6) is 0 Å². The summed E-state index contributed by atoms with van der Waals surface area (Å²) < 4.78 is 7.03. The summed E-state index contributed by atoms with van der Waals surface area (Å²) in [4.78, 5) is 8.47. The summed E-state index contributed by atoms with van der Waals surface area (Å²) in [5.41, 5.74) is 2.21. The van der Waals surface area contributed by atoms with Gasteiger partial charge in [0.05, 0.1) is 11.9 Å². The molecule has 0 saturated carbocycles. The van der Waals surface area contributed by atoms with Gasteiger partial charge in [-0.2, -0.15) is 0 Å². The summed E-state index contributed by atoms with van der Waals surface area (Å²) in [7, 11) is 1.71. The molecule has 0 aliphatic heterocycles. The van der Waals surface area contributed by atoms with E-state index in [2.05, 4.69) is 22.2 Å². The predicted octanol–water partition coefficient (Wildman–Crippen LogP) is 2.02. The molecule has 0 atom stereocenters. The third-order valence-corrected chi connectivity index (χ3v) is 2.72. The average Bonchev–Trinajstić information content (AvgIpc) is 2.83. The van der Waals surface area contributed by atoms with E-state index < -0.39 is 0 Å². The van der Waals surface area contributed by atoms with Crippen LogP contribution in [-0.2, 0) is 4.74 Å². The molecule has 5 nitrogen and oxygen atoms in total. The summed E-state index contributed by atoms with van der Waals surface area (Å²) in [5.74, 6) is 0.835. The van der Waals surface area contributed by atoms with Crippen LogP contribution in [-0.4, -0.2) is 34.8 Å². The molecule has 0 aromatic carbocycles. The zero-order valence-corrected chi connectivity index (χ0v) is 10.8. The molecule has 0 radical (unpaired) electrons. The van der Waals surface area contributed by atoms with Crippen molar-refractivity contribution in [1.82, 2.24) is 14.5 Å². The van der Waals surface area contributed by atoms with Crippen molar-refractivity contribution in [3.8, 4) is 5.69 Å². The molecule has 0 amide bonds. The van der Waals surface area contributed by atoms with Gasteiger partial charge in [-0.05, 0) is 25.0 Å². The Hall–Kier alpha value is -1.88. The van der Waals surface area contributed by atoms with Gasteiger partial charge < -0.3 is 10.1 Å². The summed E-state index contributed by atoms with van der Waals surface area (Å²) >= 11 is 0. The first kappa shape index (κ1) is 12.6. The number of anilines is 1. The van der Waals surface area contributed by atoms with E-state index in [0.29, 0.717) is 0 Å². The Balaban J connectivity index is 2.10. The van der Waals surface area contributed by atoms with Crippen LogP contribution in [0.3, 0.4) is 0 Å². The largest absolute Gasteiger partial charge is 0.385 e. The van der Waals surface area contributed by atoms with Crippen LogP contribution in [0, 0.1) is 6.92 Å². The van der Waals surface area contributed by atoms with Crippen molar-refractivity contribution in [2.45, 2.75) is 13.3 Å². The summed E-state index contributed by atoms with van der Waals surface area (Å²) in [6.07, 6.45) is 8.31. The molecule has 0 saturated heterocycles. The quantitative estimate of drug-likeness (QED) is 0.792. The third kappa shape index (κ3) is 2.87. The summed E-state index contributed by atoms with van der Waals surface area (Å²) in [6, 6.07) is 1.99. The molecular weight excluding hydrogens is 228 g/mol. The Morgan fingerprint density at radius 3 is 3.06 bits per heavy atom. The molecule has 18 heavy (non-hydrogen) atoms. The second kappa shape index (κ2) is 6.16. The number of nitrogens with one attached hydrogen (secondary N) is 1. The molecule has 0 aliphatic rings. The third-order valence-electron chi connectivity index (χ3n) is 2.72. The normalized spacial score (nSPS) is 10.6. The maximum absolute atomic E-state index is 5.02. The molecule has 0 aliphatic carbocycles. The maximum atomic E-state index is 5.02. The van der Waals surface area contributed by atoms with Crippen molar-refractivity contribution < 1.29 is 4.74 Å². The lowest BCUT2D eigenvalue weighted by Gasteiger charge is -2.11. The first-order valence-corrected chi connectivity index (χ1v) is 6.00. The average molecular weight is 246 g/mol. The lowest BCUT2D eigenvalue weighted by Crippen LogP contribution is -2.10. The SMILES string of the molecule is COCCCNc1nccn1-c1cnccc1C. The van der Waals surface area contributed by atoms with Crippen LogP contribution in [0.4, 0.5) is 5.95 Å². The first-order valence-electron chi connectivity index (χ1n) is 6.00. The van der Waals surface area contributed by atoms with Gasteiger partial charge in [-0.3, -0.25) is 9.55 Å². The number of methoxy groups -OCH3 is 1. The second-order valence-corrected chi connectivity index (χ2v) is 4.06. The van der Waals surface area contributed by atoms with Crippen molar-refractivity contribution in [3.63, 3.8) is 0 Å². The lowest BCUT2D eigenvalue weighted by molar-refractivity contribution is 0.197. The number of imidazole rings is 1. The van der Waals surface area contributed by atoms with Crippen LogP contribution in [0.1, 0.15) is 12.0 Å². The van der Waals surface area contributed by atoms with Crippen LogP contribution in [0.2, 0.25) is 0 Å². The van der Waals surface area contributed by atoms with E-state index in [1.54, 1.807) is 19.5 Å². The van der Waals surface area contributed by atoms with Crippen LogP contribution < -0.4 is 5.32 Å². The van der Waals surface area contributed by atoms with Gasteiger partial charge in [0.25, 0.3) is 0 Å². The van der Waals surface area contributed by atoms with Crippen LogP contribution in [0.15, 0.2) is 30.9 Å². The minimum atomic E-state index is 0.750. The standard InChI is InChI=1S/C13H18N4O/c1-11-4-6-14-10-12(11)17-8-7-16-13(17)15-5-3-9-18-2/h4,6-8,10H,3,5,9H2,1-2H3,(H,15,16). The molecule has 2 aromatic rings. The highest BCUT2D eigenvalue weighted by atomic mass is 16.5. The van der Waals surface area contributed by atoms with Crippen molar-refractivity contribution in [2.75, 3.05) is 25.6 Å². The molecule has 0 fully saturated rings. The summed E-state index contributed by atoms with van der Waals surface area (Å²) in [6.45, 7) is 3.65. The first-order chi connectivity index (χ1) is 8.83. The Bertz CT molecular complexity index is 495. The number of ether oxygens (including phenoxy) is 1. The zero-order valence-electron chi connectivity index (χ0n) is 10.8. The van der Waals surface area contributed by atoms with Gasteiger partial charge in [-0.15, -0.1) is 0 Å². The molecule has 0 spiro atoms. The van der Waals surface area contributed by atoms with Crippen molar-refractivity contribution in [1.29, 1.82) is 0 Å². The lowest BCUT2D eigenvalue weighted by atomic mass is 10.2. The van der Waals surface area contributed by atoms with Gasteiger partial charge in [-0.25, -0.2) is 4.98 Å². The highest BCUT2D eigenvalue weighted by molar-refractivity contribution is 5.44. The molecule has 1 N–H and O–H groups in total. The van der Waals surface area contributed by atoms with E-state index in [1.165, 1.54) is 5.56 Å². The molecule has 0 bridgehead atoms. The highest BCUT2D eigenvalue weighted by Gasteiger charge is 2.06. The molecular formula is C13H18N4O. The number of pyridine rings is 1. The van der Waals surface area contributed by atoms with E-state index in [4.69, 9.17) is 4.74 Å². The fraction of sp³-hybridized carbons (Fsp3) is 0.385. The molecule has 0 unspecified atom stereocenters. The van der Waals surface area contributed by atoms with Gasteiger partial charge in [0.15, 0.2) is 0 Å². The summed E-state index contributed by atoms with van der Waals surface area (Å²) in [5, 5.41) is 3.30. The van der Waals surface area contributed by atoms with Crippen molar-refractivity contribution in [2.24, 2.45) is 0 Å². The number of rotatable bonds is 6. The van der Waals surface area contributed by atoms with Gasteiger partial charge in [0, 0.05) is 38.9 Å². The van der Waals surface area contributed by atoms with E-state index in [9.17, 15) is 0 Å². The van der Waals surface area contributed by atoms with E-state index in [-0.39, 0.29) is 0 Å². The monoisotopic (exact) mass is 246 g/mol. The number of nitrogens with zero attached hydrogens (tertiary/aromatic N) is 3. The maximum Gasteiger partial charge on any atom is 0.207 e.